The highest BCUT2D eigenvalue weighted by atomic mass is 32.1. The largest absolute Gasteiger partial charge is 0.431 e. The highest BCUT2D eigenvalue weighted by molar-refractivity contribution is 7.20. The molecule has 7 nitrogen and oxygen atoms in total. The van der Waals surface area contributed by atoms with Gasteiger partial charge < -0.3 is 19.9 Å². The number of amides is 1. The topological polar surface area (TPSA) is 83.1 Å². The minimum absolute atomic E-state index is 0.197. The second-order valence-corrected chi connectivity index (χ2v) is 9.45. The summed E-state index contributed by atoms with van der Waals surface area (Å²) >= 11 is 1.49. The van der Waals surface area contributed by atoms with E-state index in [2.05, 4.69) is 26.3 Å². The maximum Gasteiger partial charge on any atom is 0.281 e. The Morgan fingerprint density at radius 2 is 2.32 bits per heavy atom. The number of pyridine rings is 1. The summed E-state index contributed by atoms with van der Waals surface area (Å²) in [6.45, 7) is 4.23. The van der Waals surface area contributed by atoms with Gasteiger partial charge in [-0.05, 0) is 48.1 Å². The molecule has 6 rings (SSSR count). The van der Waals surface area contributed by atoms with Gasteiger partial charge in [-0.1, -0.05) is 11.3 Å². The van der Waals surface area contributed by atoms with Crippen LogP contribution in [0.4, 0.5) is 0 Å². The van der Waals surface area contributed by atoms with Crippen molar-refractivity contribution in [1.29, 1.82) is 0 Å². The lowest BCUT2D eigenvalue weighted by Gasteiger charge is -2.26. The second kappa shape index (κ2) is 7.32. The fraction of sp³-hybridized carbons (Fsp3) is 0.348. The number of fused-ring (bicyclic) bond motifs is 3. The lowest BCUT2D eigenvalue weighted by molar-refractivity contribution is -0.130. The van der Waals surface area contributed by atoms with E-state index in [0.29, 0.717) is 22.8 Å². The van der Waals surface area contributed by atoms with E-state index in [1.54, 1.807) is 13.1 Å². The first-order valence-electron chi connectivity index (χ1n) is 10.6. The van der Waals surface area contributed by atoms with Crippen LogP contribution in [-0.4, -0.2) is 44.9 Å². The van der Waals surface area contributed by atoms with Crippen LogP contribution in [0.2, 0.25) is 0 Å². The van der Waals surface area contributed by atoms with Crippen molar-refractivity contribution < 1.29 is 9.53 Å². The minimum atomic E-state index is 0.197. The number of thiazole rings is 1. The smallest absolute Gasteiger partial charge is 0.281 e. The third-order valence-corrected chi connectivity index (χ3v) is 7.35. The first-order chi connectivity index (χ1) is 15.2. The number of aromatic amines is 1. The molecule has 1 amide bonds. The fourth-order valence-corrected chi connectivity index (χ4v) is 5.61. The van der Waals surface area contributed by atoms with Crippen LogP contribution >= 0.6 is 11.3 Å². The number of carbonyl (C=O) groups excluding carboxylic acids is 1. The molecule has 8 heteroatoms. The first kappa shape index (κ1) is 18.8. The van der Waals surface area contributed by atoms with Crippen LogP contribution in [0.25, 0.3) is 21.3 Å². The van der Waals surface area contributed by atoms with Crippen LogP contribution in [0.5, 0.6) is 10.9 Å². The van der Waals surface area contributed by atoms with Crippen molar-refractivity contribution in [1.82, 2.24) is 25.2 Å². The third-order valence-electron chi connectivity index (χ3n) is 6.47. The number of nitrogens with zero attached hydrogens (tertiary/aromatic N) is 3. The monoisotopic (exact) mass is 433 g/mol. The molecule has 158 valence electrons. The predicted octanol–water partition coefficient (Wildman–Crippen LogP) is 3.92. The van der Waals surface area contributed by atoms with Crippen LogP contribution in [0.1, 0.15) is 18.9 Å². The summed E-state index contributed by atoms with van der Waals surface area (Å²) in [6, 6.07) is 10.3. The number of rotatable bonds is 6. The third kappa shape index (κ3) is 3.45. The Morgan fingerprint density at radius 3 is 3.19 bits per heavy atom. The molecule has 1 aromatic carbocycles. The number of aromatic nitrogens is 3. The Bertz CT molecular complexity index is 1250. The van der Waals surface area contributed by atoms with Gasteiger partial charge in [0.15, 0.2) is 5.65 Å². The zero-order chi connectivity index (χ0) is 20.9. The molecule has 0 spiro atoms. The number of piperidine rings is 1. The zero-order valence-corrected chi connectivity index (χ0v) is 18.0. The second-order valence-electron chi connectivity index (χ2n) is 8.46. The molecule has 1 aliphatic heterocycles. The predicted molar refractivity (Wildman–Crippen MR) is 120 cm³/mol. The van der Waals surface area contributed by atoms with E-state index < -0.39 is 0 Å². The summed E-state index contributed by atoms with van der Waals surface area (Å²) in [4.78, 5) is 26.0. The number of hydrogen-bond donors (Lipinski definition) is 2. The minimum Gasteiger partial charge on any atom is -0.431 e. The molecule has 31 heavy (non-hydrogen) atoms. The maximum absolute atomic E-state index is 11.9. The molecular weight excluding hydrogens is 410 g/mol. The Kier molecular flexibility index (Phi) is 4.43. The molecule has 1 saturated heterocycles. The molecule has 1 aliphatic carbocycles. The molecule has 2 aliphatic rings. The summed E-state index contributed by atoms with van der Waals surface area (Å²) in [5.74, 6) is 2.36. The van der Waals surface area contributed by atoms with Crippen LogP contribution in [0, 0.1) is 11.8 Å². The quantitative estimate of drug-likeness (QED) is 0.482. The van der Waals surface area contributed by atoms with Crippen LogP contribution in [0.15, 0.2) is 42.7 Å². The van der Waals surface area contributed by atoms with E-state index in [-0.39, 0.29) is 5.91 Å². The lowest BCUT2D eigenvalue weighted by Crippen LogP contribution is -2.43. The van der Waals surface area contributed by atoms with Crippen molar-refractivity contribution in [3.05, 3.63) is 48.3 Å². The van der Waals surface area contributed by atoms with Crippen LogP contribution in [-0.2, 0) is 11.3 Å². The molecular formula is C23H23N5O2S. The van der Waals surface area contributed by atoms with Crippen molar-refractivity contribution in [2.24, 2.45) is 11.8 Å². The van der Waals surface area contributed by atoms with Gasteiger partial charge in [-0.15, -0.1) is 0 Å². The van der Waals surface area contributed by atoms with Gasteiger partial charge in [-0.2, -0.15) is 4.98 Å². The van der Waals surface area contributed by atoms with Gasteiger partial charge >= 0.3 is 0 Å². The van der Waals surface area contributed by atoms with E-state index in [0.717, 1.165) is 41.5 Å². The van der Waals surface area contributed by atoms with E-state index in [1.807, 2.05) is 35.4 Å². The fourth-order valence-electron chi connectivity index (χ4n) is 4.82. The van der Waals surface area contributed by atoms with Gasteiger partial charge in [-0.25, -0.2) is 4.98 Å². The molecule has 3 aromatic heterocycles. The first-order valence-corrected chi connectivity index (χ1v) is 11.4. The SMILES string of the molecule is CC(=O)N1CC2CC2C1CNCc1c[nH]c2cc(Oc3nc4ncccc4s3)ccc12. The van der Waals surface area contributed by atoms with Crippen molar-refractivity contribution >= 4 is 38.5 Å². The Balaban J connectivity index is 1.13. The number of benzene rings is 1. The number of likely N-dealkylation sites (tertiary alicyclic amines) is 1. The van der Waals surface area contributed by atoms with Gasteiger partial charge in [-0.3, -0.25) is 4.79 Å². The van der Waals surface area contributed by atoms with Gasteiger partial charge in [0, 0.05) is 62.0 Å². The number of nitrogens with one attached hydrogen (secondary N) is 2. The lowest BCUT2D eigenvalue weighted by atomic mass is 10.1. The molecule has 3 atom stereocenters. The van der Waals surface area contributed by atoms with Gasteiger partial charge in [0.05, 0.1) is 4.70 Å². The molecule has 4 aromatic rings. The van der Waals surface area contributed by atoms with Crippen LogP contribution in [0.3, 0.4) is 0 Å². The molecule has 0 radical (unpaired) electrons. The van der Waals surface area contributed by atoms with Crippen molar-refractivity contribution in [2.45, 2.75) is 25.9 Å². The van der Waals surface area contributed by atoms with E-state index >= 15 is 0 Å². The number of ether oxygens (including phenoxy) is 1. The highest BCUT2D eigenvalue weighted by Gasteiger charge is 2.52. The molecule has 1 saturated carbocycles. The summed E-state index contributed by atoms with van der Waals surface area (Å²) in [5.41, 5.74) is 2.95. The van der Waals surface area contributed by atoms with Gasteiger partial charge in [0.2, 0.25) is 5.91 Å². The zero-order valence-electron chi connectivity index (χ0n) is 17.2. The van der Waals surface area contributed by atoms with Crippen LogP contribution < -0.4 is 10.1 Å². The molecule has 3 unspecified atom stereocenters. The number of hydrogen-bond acceptors (Lipinski definition) is 6. The Morgan fingerprint density at radius 1 is 1.39 bits per heavy atom. The van der Waals surface area contributed by atoms with Gasteiger partial charge in [0.1, 0.15) is 5.75 Å². The Hall–Kier alpha value is -2.97. The molecule has 4 heterocycles. The van der Waals surface area contributed by atoms with Crippen molar-refractivity contribution in [3.63, 3.8) is 0 Å². The Labute approximate surface area is 183 Å². The number of H-pyrrole nitrogens is 1. The summed E-state index contributed by atoms with van der Waals surface area (Å²) in [7, 11) is 0. The van der Waals surface area contributed by atoms with E-state index in [9.17, 15) is 4.79 Å². The normalized spacial score (nSPS) is 22.2. The van der Waals surface area contributed by atoms with E-state index in [1.165, 1.54) is 28.7 Å². The summed E-state index contributed by atoms with van der Waals surface area (Å²) in [5, 5.41) is 5.33. The highest BCUT2D eigenvalue weighted by Crippen LogP contribution is 2.49. The molecule has 2 N–H and O–H groups in total. The standard InChI is InChI=1S/C23H23N5O2S/c1-13(29)28-12-14-7-18(14)20(28)11-24-9-15-10-26-19-8-16(4-5-17(15)19)30-23-27-22-21(31-23)3-2-6-25-22/h2-6,8,10,14,18,20,24,26H,7,9,11-12H2,1H3. The van der Waals surface area contributed by atoms with Crippen molar-refractivity contribution in [3.8, 4) is 10.9 Å². The molecule has 2 fully saturated rings. The average Bonchev–Trinajstić information content (AvgIpc) is 3.09. The van der Waals surface area contributed by atoms with E-state index in [4.69, 9.17) is 4.74 Å². The summed E-state index contributed by atoms with van der Waals surface area (Å²) in [6.07, 6.45) is 5.05. The van der Waals surface area contributed by atoms with Crippen molar-refractivity contribution in [2.75, 3.05) is 13.1 Å². The maximum atomic E-state index is 11.9. The summed E-state index contributed by atoms with van der Waals surface area (Å²) < 4.78 is 6.98. The number of carbonyl (C=O) groups is 1. The average molecular weight is 434 g/mol. The van der Waals surface area contributed by atoms with Gasteiger partial charge in [0.25, 0.3) is 5.19 Å². The molecule has 0 bridgehead atoms.